The van der Waals surface area contributed by atoms with Crippen LogP contribution in [0.15, 0.2) is 36.4 Å². The fraction of sp³-hybridized carbons (Fsp3) is 0.0769. The quantitative estimate of drug-likeness (QED) is 0.600. The molecule has 17 heavy (non-hydrogen) atoms. The molecule has 0 aliphatic heterocycles. The molecular formula is C13H9FN2O. The van der Waals surface area contributed by atoms with Crippen molar-refractivity contribution >= 4 is 22.1 Å². The standard InChI is InChI=1S/C13H9FN2O/c1-17-12-4-2-3-10-13(12)16-11-7-8(14)5-6-9(11)15-10/h2-7H,1H3. The van der Waals surface area contributed by atoms with Crippen LogP contribution in [0.2, 0.25) is 0 Å². The summed E-state index contributed by atoms with van der Waals surface area (Å²) in [6, 6.07) is 9.88. The van der Waals surface area contributed by atoms with Crippen molar-refractivity contribution in [1.82, 2.24) is 9.97 Å². The first kappa shape index (κ1) is 9.96. The molecule has 0 amide bonds. The molecule has 1 aromatic heterocycles. The molecule has 0 fully saturated rings. The molecule has 0 saturated heterocycles. The van der Waals surface area contributed by atoms with E-state index < -0.39 is 0 Å². The van der Waals surface area contributed by atoms with Crippen molar-refractivity contribution in [3.63, 3.8) is 0 Å². The molecule has 3 rings (SSSR count). The van der Waals surface area contributed by atoms with Crippen molar-refractivity contribution in [2.75, 3.05) is 7.11 Å². The summed E-state index contributed by atoms with van der Waals surface area (Å²) >= 11 is 0. The Morgan fingerprint density at radius 3 is 2.71 bits per heavy atom. The molecule has 3 nitrogen and oxygen atoms in total. The van der Waals surface area contributed by atoms with E-state index in [9.17, 15) is 4.39 Å². The van der Waals surface area contributed by atoms with Gasteiger partial charge in [0.1, 0.15) is 17.1 Å². The van der Waals surface area contributed by atoms with Crippen LogP contribution in [0.1, 0.15) is 0 Å². The molecule has 84 valence electrons. The van der Waals surface area contributed by atoms with Crippen LogP contribution in [0.4, 0.5) is 4.39 Å². The third-order valence-electron chi connectivity index (χ3n) is 2.61. The molecular weight excluding hydrogens is 219 g/mol. The molecule has 0 unspecified atom stereocenters. The van der Waals surface area contributed by atoms with Gasteiger partial charge in [-0.2, -0.15) is 0 Å². The monoisotopic (exact) mass is 228 g/mol. The Hall–Kier alpha value is -2.23. The maximum atomic E-state index is 13.1. The molecule has 0 aliphatic carbocycles. The molecule has 0 atom stereocenters. The number of para-hydroxylation sites is 1. The van der Waals surface area contributed by atoms with Gasteiger partial charge >= 0.3 is 0 Å². The van der Waals surface area contributed by atoms with Crippen molar-refractivity contribution in [3.8, 4) is 5.75 Å². The van der Waals surface area contributed by atoms with Gasteiger partial charge in [-0.05, 0) is 24.3 Å². The molecule has 0 radical (unpaired) electrons. The number of fused-ring (bicyclic) bond motifs is 2. The second kappa shape index (κ2) is 3.66. The molecule has 4 heteroatoms. The summed E-state index contributed by atoms with van der Waals surface area (Å²) in [5.41, 5.74) is 2.59. The van der Waals surface area contributed by atoms with E-state index in [1.54, 1.807) is 13.2 Å². The van der Waals surface area contributed by atoms with Gasteiger partial charge in [-0.3, -0.25) is 0 Å². The number of methoxy groups -OCH3 is 1. The number of rotatable bonds is 1. The Morgan fingerprint density at radius 2 is 1.88 bits per heavy atom. The normalized spacial score (nSPS) is 10.9. The second-order valence-corrected chi connectivity index (χ2v) is 3.68. The highest BCUT2D eigenvalue weighted by atomic mass is 19.1. The van der Waals surface area contributed by atoms with Gasteiger partial charge in [0.15, 0.2) is 0 Å². The largest absolute Gasteiger partial charge is 0.494 e. The van der Waals surface area contributed by atoms with Crippen LogP contribution in [-0.2, 0) is 0 Å². The van der Waals surface area contributed by atoms with E-state index in [4.69, 9.17) is 4.74 Å². The number of hydrogen-bond donors (Lipinski definition) is 0. The fourth-order valence-corrected chi connectivity index (χ4v) is 1.81. The van der Waals surface area contributed by atoms with E-state index in [-0.39, 0.29) is 5.82 Å². The van der Waals surface area contributed by atoms with Gasteiger partial charge < -0.3 is 4.74 Å². The van der Waals surface area contributed by atoms with Crippen LogP contribution < -0.4 is 4.74 Å². The van der Waals surface area contributed by atoms with Crippen LogP contribution in [0.5, 0.6) is 5.75 Å². The maximum absolute atomic E-state index is 13.1. The lowest BCUT2D eigenvalue weighted by molar-refractivity contribution is 0.419. The topological polar surface area (TPSA) is 35.0 Å². The number of hydrogen-bond acceptors (Lipinski definition) is 3. The highest BCUT2D eigenvalue weighted by Gasteiger charge is 2.06. The highest BCUT2D eigenvalue weighted by Crippen LogP contribution is 2.24. The molecule has 2 aromatic carbocycles. The van der Waals surface area contributed by atoms with Crippen molar-refractivity contribution in [2.24, 2.45) is 0 Å². The molecule has 0 spiro atoms. The maximum Gasteiger partial charge on any atom is 0.146 e. The van der Waals surface area contributed by atoms with E-state index in [0.717, 1.165) is 5.52 Å². The molecule has 0 saturated carbocycles. The lowest BCUT2D eigenvalue weighted by Crippen LogP contribution is -1.91. The third kappa shape index (κ3) is 1.58. The lowest BCUT2D eigenvalue weighted by atomic mass is 10.2. The SMILES string of the molecule is COc1cccc2nc3ccc(F)cc3nc12. The number of ether oxygens (including phenoxy) is 1. The first-order valence-corrected chi connectivity index (χ1v) is 5.18. The number of halogens is 1. The van der Waals surface area contributed by atoms with E-state index >= 15 is 0 Å². The minimum atomic E-state index is -0.318. The number of nitrogens with zero attached hydrogens (tertiary/aromatic N) is 2. The van der Waals surface area contributed by atoms with Gasteiger partial charge in [-0.25, -0.2) is 14.4 Å². The van der Waals surface area contributed by atoms with Crippen LogP contribution in [0, 0.1) is 5.82 Å². The van der Waals surface area contributed by atoms with Crippen LogP contribution in [0.3, 0.4) is 0 Å². The molecule has 3 aromatic rings. The van der Waals surface area contributed by atoms with Crippen LogP contribution in [-0.4, -0.2) is 17.1 Å². The third-order valence-corrected chi connectivity index (χ3v) is 2.61. The number of benzene rings is 2. The molecule has 0 bridgehead atoms. The van der Waals surface area contributed by atoms with Crippen LogP contribution in [0.25, 0.3) is 22.1 Å². The predicted molar refractivity (Wildman–Crippen MR) is 63.6 cm³/mol. The zero-order chi connectivity index (χ0) is 11.8. The first-order valence-electron chi connectivity index (χ1n) is 5.18. The second-order valence-electron chi connectivity index (χ2n) is 3.68. The summed E-state index contributed by atoms with van der Waals surface area (Å²) < 4.78 is 18.3. The van der Waals surface area contributed by atoms with Crippen molar-refractivity contribution in [2.45, 2.75) is 0 Å². The number of aromatic nitrogens is 2. The summed E-state index contributed by atoms with van der Waals surface area (Å²) in [5.74, 6) is 0.321. The Kier molecular flexibility index (Phi) is 2.14. The Balaban J connectivity index is 2.44. The predicted octanol–water partition coefficient (Wildman–Crippen LogP) is 2.93. The Morgan fingerprint density at radius 1 is 1.00 bits per heavy atom. The average molecular weight is 228 g/mol. The summed E-state index contributed by atoms with van der Waals surface area (Å²) in [7, 11) is 1.58. The molecule has 1 heterocycles. The van der Waals surface area contributed by atoms with Gasteiger partial charge in [0.25, 0.3) is 0 Å². The van der Waals surface area contributed by atoms with E-state index in [1.807, 2.05) is 18.2 Å². The zero-order valence-electron chi connectivity index (χ0n) is 9.14. The van der Waals surface area contributed by atoms with Crippen LogP contribution >= 0.6 is 0 Å². The van der Waals surface area contributed by atoms with Gasteiger partial charge in [-0.15, -0.1) is 0 Å². The molecule has 0 aliphatic rings. The summed E-state index contributed by atoms with van der Waals surface area (Å²) in [6.07, 6.45) is 0. The summed E-state index contributed by atoms with van der Waals surface area (Å²) in [4.78, 5) is 8.80. The minimum Gasteiger partial charge on any atom is -0.494 e. The zero-order valence-corrected chi connectivity index (χ0v) is 9.14. The fourth-order valence-electron chi connectivity index (χ4n) is 1.81. The summed E-state index contributed by atoms with van der Waals surface area (Å²) in [6.45, 7) is 0. The Labute approximate surface area is 96.9 Å². The minimum absolute atomic E-state index is 0.318. The smallest absolute Gasteiger partial charge is 0.146 e. The van der Waals surface area contributed by atoms with Gasteiger partial charge in [0, 0.05) is 6.07 Å². The van der Waals surface area contributed by atoms with Crippen molar-refractivity contribution in [1.29, 1.82) is 0 Å². The lowest BCUT2D eigenvalue weighted by Gasteiger charge is -2.05. The van der Waals surface area contributed by atoms with Gasteiger partial charge in [0.05, 0.1) is 23.7 Å². The first-order chi connectivity index (χ1) is 8.28. The van der Waals surface area contributed by atoms with E-state index in [0.29, 0.717) is 22.3 Å². The summed E-state index contributed by atoms with van der Waals surface area (Å²) in [5, 5.41) is 0. The highest BCUT2D eigenvalue weighted by molar-refractivity contribution is 5.89. The van der Waals surface area contributed by atoms with Gasteiger partial charge in [0.2, 0.25) is 0 Å². The van der Waals surface area contributed by atoms with Crippen molar-refractivity contribution in [3.05, 3.63) is 42.2 Å². The Bertz CT molecular complexity index is 712. The van der Waals surface area contributed by atoms with E-state index in [1.165, 1.54) is 12.1 Å². The van der Waals surface area contributed by atoms with Gasteiger partial charge in [-0.1, -0.05) is 6.07 Å². The van der Waals surface area contributed by atoms with E-state index in [2.05, 4.69) is 9.97 Å². The van der Waals surface area contributed by atoms with Crippen molar-refractivity contribution < 1.29 is 9.13 Å². The molecule has 0 N–H and O–H groups in total. The average Bonchev–Trinajstić information content (AvgIpc) is 2.35.